The lowest BCUT2D eigenvalue weighted by molar-refractivity contribution is 0.0958. The fourth-order valence-electron chi connectivity index (χ4n) is 4.22. The average Bonchev–Trinajstić information content (AvgIpc) is 2.90. The summed E-state index contributed by atoms with van der Waals surface area (Å²) in [6.07, 6.45) is 5.62. The van der Waals surface area contributed by atoms with E-state index < -0.39 is 0 Å². The summed E-state index contributed by atoms with van der Waals surface area (Å²) in [5.74, 6) is 0.415. The Bertz CT molecular complexity index is 1390. The lowest BCUT2D eigenvalue weighted by Crippen LogP contribution is -2.42. The molecule has 10 heteroatoms. The molecule has 3 N–H and O–H groups in total. The van der Waals surface area contributed by atoms with Gasteiger partial charge in [0.1, 0.15) is 11.4 Å². The molecule has 0 aliphatic carbocycles. The van der Waals surface area contributed by atoms with Crippen LogP contribution in [0.1, 0.15) is 49.4 Å². The van der Waals surface area contributed by atoms with Gasteiger partial charge in [-0.1, -0.05) is 32.9 Å². The number of nitrogens with one attached hydrogen (secondary N) is 3. The van der Waals surface area contributed by atoms with Gasteiger partial charge in [0.2, 0.25) is 5.95 Å². The Morgan fingerprint density at radius 1 is 1.10 bits per heavy atom. The minimum Gasteiger partial charge on any atom is -0.348 e. The van der Waals surface area contributed by atoms with E-state index in [-0.39, 0.29) is 18.8 Å². The molecule has 1 aromatic carbocycles. The van der Waals surface area contributed by atoms with Crippen LogP contribution in [0.4, 0.5) is 27.9 Å². The van der Waals surface area contributed by atoms with Crippen molar-refractivity contribution < 1.29 is 11.0 Å². The van der Waals surface area contributed by atoms with Crippen LogP contribution >= 0.6 is 0 Å². The van der Waals surface area contributed by atoms with Gasteiger partial charge in [0.05, 0.1) is 0 Å². The van der Waals surface area contributed by atoms with Crippen LogP contribution in [0, 0.1) is 0 Å². The van der Waals surface area contributed by atoms with Gasteiger partial charge in [-0.25, -0.2) is 9.78 Å². The van der Waals surface area contributed by atoms with E-state index in [1.54, 1.807) is 31.3 Å². The predicted molar refractivity (Wildman–Crippen MR) is 156 cm³/mol. The van der Waals surface area contributed by atoms with Gasteiger partial charge in [-0.15, -0.1) is 6.58 Å². The van der Waals surface area contributed by atoms with Gasteiger partial charge in [0, 0.05) is 70.0 Å². The summed E-state index contributed by atoms with van der Waals surface area (Å²) in [4.78, 5) is 42.2. The maximum absolute atomic E-state index is 12.8. The number of urea groups is 1. The number of anilines is 4. The quantitative estimate of drug-likeness (QED) is 0.374. The number of hydrogen-bond donors (Lipinski definition) is 3. The number of fused-ring (bicyclic) bond motifs is 1. The van der Waals surface area contributed by atoms with Gasteiger partial charge >= 0.3 is 6.03 Å². The molecule has 39 heavy (non-hydrogen) atoms. The van der Waals surface area contributed by atoms with E-state index in [4.69, 9.17) is 0 Å². The van der Waals surface area contributed by atoms with Crippen LogP contribution in [0.2, 0.25) is 0 Å². The molecular weight excluding hydrogens is 492 g/mol. The smallest absolute Gasteiger partial charge is 0.319 e. The Hall–Kier alpha value is -4.47. The number of hydrogen-bond acceptors (Lipinski definition) is 7. The molecule has 0 saturated heterocycles. The largest absolute Gasteiger partial charge is 0.348 e. The van der Waals surface area contributed by atoms with Crippen molar-refractivity contribution in [2.45, 2.75) is 39.2 Å². The van der Waals surface area contributed by atoms with Crippen LogP contribution in [-0.2, 0) is 18.4 Å². The molecule has 1 aliphatic heterocycles. The molecule has 206 valence electrons. The zero-order valence-corrected chi connectivity index (χ0v) is 23.2. The lowest BCUT2D eigenvalue weighted by atomic mass is 9.91. The third-order valence-corrected chi connectivity index (χ3v) is 6.36. The molecule has 1 aliphatic rings. The highest BCUT2D eigenvalue weighted by molar-refractivity contribution is 5.99. The molecular formula is C29H38N8O2. The summed E-state index contributed by atoms with van der Waals surface area (Å²) in [7, 11) is 3.53. The van der Waals surface area contributed by atoms with E-state index in [1.807, 2.05) is 29.2 Å². The van der Waals surface area contributed by atoms with E-state index in [1.165, 1.54) is 11.8 Å². The standard InChI is InChI=1S/C29H36N8O2.H2/c1-7-12-31-26(38)23-17-32-27(35-25(23)33-22-10-13-30-24(16-22)29(2,3)4)34-21-9-8-20-18-37(28(39)36(5)6)14-11-19(20)15-21;/h7-10,13,15-17H,1,11-12,14,18H2,2-6H3,(H,31,38)(H2,30,32,33,34,35);1H. The molecule has 10 nitrogen and oxygen atoms in total. The van der Waals surface area contributed by atoms with Crippen molar-refractivity contribution in [1.82, 2.24) is 30.1 Å². The van der Waals surface area contributed by atoms with E-state index in [2.05, 4.69) is 64.3 Å². The molecule has 3 amide bonds. The molecule has 2 aromatic heterocycles. The van der Waals surface area contributed by atoms with Crippen molar-refractivity contribution in [3.8, 4) is 0 Å². The first-order valence-corrected chi connectivity index (χ1v) is 12.9. The fraction of sp³-hybridized carbons (Fsp3) is 0.345. The van der Waals surface area contributed by atoms with E-state index in [0.29, 0.717) is 37.0 Å². The van der Waals surface area contributed by atoms with Crippen molar-refractivity contribution in [2.75, 3.05) is 37.8 Å². The highest BCUT2D eigenvalue weighted by atomic mass is 16.2. The number of carbonyl (C=O) groups excluding carboxylic acids is 2. The Morgan fingerprint density at radius 2 is 1.87 bits per heavy atom. The van der Waals surface area contributed by atoms with Crippen LogP contribution in [0.3, 0.4) is 0 Å². The third kappa shape index (κ3) is 6.70. The molecule has 3 heterocycles. The summed E-state index contributed by atoms with van der Waals surface area (Å²) >= 11 is 0. The first-order chi connectivity index (χ1) is 18.5. The first-order valence-electron chi connectivity index (χ1n) is 12.9. The Balaban J connectivity index is 0.00000441. The minimum atomic E-state index is -0.306. The highest BCUT2D eigenvalue weighted by Gasteiger charge is 2.22. The summed E-state index contributed by atoms with van der Waals surface area (Å²) in [5, 5.41) is 9.34. The van der Waals surface area contributed by atoms with Crippen molar-refractivity contribution in [2.24, 2.45) is 0 Å². The second-order valence-corrected chi connectivity index (χ2v) is 10.7. The fourth-order valence-corrected chi connectivity index (χ4v) is 4.22. The molecule has 3 aromatic rings. The number of aromatic nitrogens is 3. The van der Waals surface area contributed by atoms with Gasteiger partial charge in [-0.3, -0.25) is 9.78 Å². The Morgan fingerprint density at radius 3 is 2.59 bits per heavy atom. The Labute approximate surface area is 231 Å². The van der Waals surface area contributed by atoms with Crippen LogP contribution in [0.5, 0.6) is 0 Å². The molecule has 0 atom stereocenters. The van der Waals surface area contributed by atoms with E-state index in [9.17, 15) is 9.59 Å². The summed E-state index contributed by atoms with van der Waals surface area (Å²) in [5.41, 5.74) is 4.98. The monoisotopic (exact) mass is 530 g/mol. The maximum atomic E-state index is 12.8. The van der Waals surface area contributed by atoms with Gasteiger partial charge in [-0.2, -0.15) is 4.98 Å². The summed E-state index contributed by atoms with van der Waals surface area (Å²) < 4.78 is 0. The molecule has 0 spiro atoms. The number of rotatable bonds is 7. The minimum absolute atomic E-state index is 0. The first kappa shape index (κ1) is 27.6. The van der Waals surface area contributed by atoms with Gasteiger partial charge < -0.3 is 25.8 Å². The molecule has 4 rings (SSSR count). The average molecular weight is 531 g/mol. The van der Waals surface area contributed by atoms with Gasteiger partial charge in [0.15, 0.2) is 0 Å². The number of carbonyl (C=O) groups is 2. The molecule has 0 bridgehead atoms. The van der Waals surface area contributed by atoms with Crippen LogP contribution in [0.15, 0.2) is 55.4 Å². The third-order valence-electron chi connectivity index (χ3n) is 6.36. The topological polar surface area (TPSA) is 115 Å². The van der Waals surface area contributed by atoms with E-state index in [0.717, 1.165) is 29.1 Å². The van der Waals surface area contributed by atoms with Gasteiger partial charge in [0.25, 0.3) is 5.91 Å². The maximum Gasteiger partial charge on any atom is 0.319 e. The number of pyridine rings is 1. The second kappa shape index (κ2) is 11.5. The number of amides is 3. The zero-order chi connectivity index (χ0) is 28.2. The van der Waals surface area contributed by atoms with Crippen molar-refractivity contribution >= 4 is 35.1 Å². The molecule has 0 saturated carbocycles. The number of nitrogens with zero attached hydrogens (tertiary/aromatic N) is 5. The van der Waals surface area contributed by atoms with Crippen molar-refractivity contribution in [3.05, 3.63) is 77.8 Å². The van der Waals surface area contributed by atoms with Crippen molar-refractivity contribution in [3.63, 3.8) is 0 Å². The summed E-state index contributed by atoms with van der Waals surface area (Å²) in [6.45, 7) is 11.5. The predicted octanol–water partition coefficient (Wildman–Crippen LogP) is 4.86. The summed E-state index contributed by atoms with van der Waals surface area (Å²) in [6, 6.07) is 9.83. The van der Waals surface area contributed by atoms with Crippen molar-refractivity contribution in [1.29, 1.82) is 0 Å². The molecule has 0 unspecified atom stereocenters. The zero-order valence-electron chi connectivity index (χ0n) is 23.2. The Kier molecular flexibility index (Phi) is 8.13. The SMILES string of the molecule is C=CCNC(=O)c1cnc(Nc2ccc3c(c2)CCN(C(=O)N(C)C)C3)nc1Nc1ccnc(C(C)(C)C)c1.[HH]. The van der Waals surface area contributed by atoms with Crippen LogP contribution in [-0.4, -0.2) is 63.9 Å². The number of benzene rings is 1. The second-order valence-electron chi connectivity index (χ2n) is 10.7. The van der Waals surface area contributed by atoms with Crippen LogP contribution in [0.25, 0.3) is 0 Å². The molecule has 0 radical (unpaired) electrons. The van der Waals surface area contributed by atoms with E-state index >= 15 is 0 Å². The van der Waals surface area contributed by atoms with Crippen LogP contribution < -0.4 is 16.0 Å². The highest BCUT2D eigenvalue weighted by Crippen LogP contribution is 2.27. The van der Waals surface area contributed by atoms with Gasteiger partial charge in [-0.05, 0) is 41.8 Å². The molecule has 0 fully saturated rings. The lowest BCUT2D eigenvalue weighted by Gasteiger charge is -2.31. The normalized spacial score (nSPS) is 12.8.